The second-order valence-corrected chi connectivity index (χ2v) is 8.54. The van der Waals surface area contributed by atoms with E-state index in [-0.39, 0.29) is 11.7 Å². The van der Waals surface area contributed by atoms with Crippen LogP contribution in [-0.2, 0) is 6.54 Å². The van der Waals surface area contributed by atoms with Crippen LogP contribution in [0.15, 0.2) is 54.0 Å². The van der Waals surface area contributed by atoms with E-state index < -0.39 is 0 Å². The average molecular weight is 390 g/mol. The molecule has 1 unspecified atom stereocenters. The fraction of sp³-hybridized carbons (Fsp3) is 0.304. The first-order valence-corrected chi connectivity index (χ1v) is 10.7. The van der Waals surface area contributed by atoms with E-state index in [1.807, 2.05) is 24.3 Å². The SMILES string of the molecule is Cc1nc2sccn2c1CN1CCCC(C(=O)c2cccc3ccccc23)C1. The molecule has 0 aliphatic carbocycles. The van der Waals surface area contributed by atoms with Crippen molar-refractivity contribution in [2.45, 2.75) is 26.3 Å². The molecule has 0 N–H and O–H groups in total. The molecule has 28 heavy (non-hydrogen) atoms. The molecular formula is C23H23N3OS. The van der Waals surface area contributed by atoms with E-state index in [1.165, 1.54) is 5.69 Å². The molecule has 4 nitrogen and oxygen atoms in total. The van der Waals surface area contributed by atoms with Crippen LogP contribution >= 0.6 is 11.3 Å². The number of likely N-dealkylation sites (tertiary alicyclic amines) is 1. The summed E-state index contributed by atoms with van der Waals surface area (Å²) in [7, 11) is 0. The Hall–Kier alpha value is -2.50. The van der Waals surface area contributed by atoms with Crippen molar-refractivity contribution >= 4 is 32.9 Å². The lowest BCUT2D eigenvalue weighted by molar-refractivity contribution is 0.0811. The van der Waals surface area contributed by atoms with E-state index >= 15 is 0 Å². The molecule has 0 bridgehead atoms. The lowest BCUT2D eigenvalue weighted by atomic mass is 9.88. The molecule has 1 aliphatic rings. The summed E-state index contributed by atoms with van der Waals surface area (Å²) in [5, 5.41) is 4.28. The van der Waals surface area contributed by atoms with Crippen LogP contribution in [0.2, 0.25) is 0 Å². The van der Waals surface area contributed by atoms with Gasteiger partial charge in [-0.2, -0.15) is 0 Å². The Morgan fingerprint density at radius 1 is 1.21 bits per heavy atom. The highest BCUT2D eigenvalue weighted by Crippen LogP contribution is 2.27. The van der Waals surface area contributed by atoms with Gasteiger partial charge in [0.25, 0.3) is 0 Å². The van der Waals surface area contributed by atoms with Gasteiger partial charge in [-0.15, -0.1) is 11.3 Å². The number of rotatable bonds is 4. The molecule has 2 aromatic heterocycles. The summed E-state index contributed by atoms with van der Waals surface area (Å²) in [6.07, 6.45) is 4.13. The smallest absolute Gasteiger partial charge is 0.194 e. The first-order valence-electron chi connectivity index (χ1n) is 9.86. The van der Waals surface area contributed by atoms with Gasteiger partial charge in [-0.25, -0.2) is 4.98 Å². The van der Waals surface area contributed by atoms with Gasteiger partial charge in [0, 0.05) is 36.1 Å². The number of imidazole rings is 1. The molecule has 5 heteroatoms. The minimum Gasteiger partial charge on any atom is -0.297 e. The van der Waals surface area contributed by atoms with Crippen LogP contribution in [0, 0.1) is 12.8 Å². The molecular weight excluding hydrogens is 366 g/mol. The number of benzene rings is 2. The minimum absolute atomic E-state index is 0.0609. The Morgan fingerprint density at radius 2 is 2.07 bits per heavy atom. The van der Waals surface area contributed by atoms with Crippen LogP contribution in [0.1, 0.15) is 34.6 Å². The molecule has 5 rings (SSSR count). The highest BCUT2D eigenvalue weighted by molar-refractivity contribution is 7.15. The minimum atomic E-state index is 0.0609. The van der Waals surface area contributed by atoms with Gasteiger partial charge in [-0.1, -0.05) is 42.5 Å². The molecule has 1 atom stereocenters. The van der Waals surface area contributed by atoms with Gasteiger partial charge in [0.1, 0.15) is 0 Å². The van der Waals surface area contributed by atoms with Crippen molar-refractivity contribution in [1.29, 1.82) is 0 Å². The molecule has 1 fully saturated rings. The Morgan fingerprint density at radius 3 is 3.00 bits per heavy atom. The number of ketones is 1. The number of hydrogen-bond acceptors (Lipinski definition) is 4. The molecule has 142 valence electrons. The van der Waals surface area contributed by atoms with Crippen molar-refractivity contribution < 1.29 is 4.79 Å². The Balaban J connectivity index is 1.38. The summed E-state index contributed by atoms with van der Waals surface area (Å²) < 4.78 is 2.19. The van der Waals surface area contributed by atoms with E-state index in [0.717, 1.165) is 59.5 Å². The van der Waals surface area contributed by atoms with Crippen molar-refractivity contribution in [2.24, 2.45) is 5.92 Å². The maximum Gasteiger partial charge on any atom is 0.194 e. The highest BCUT2D eigenvalue weighted by atomic mass is 32.1. The number of piperidine rings is 1. The van der Waals surface area contributed by atoms with Gasteiger partial charge < -0.3 is 0 Å². The third-order valence-corrected chi connectivity index (χ3v) is 6.62. The summed E-state index contributed by atoms with van der Waals surface area (Å²) in [6, 6.07) is 14.2. The second kappa shape index (κ2) is 7.15. The summed E-state index contributed by atoms with van der Waals surface area (Å²) in [5.74, 6) is 0.345. The first kappa shape index (κ1) is 17.6. The molecule has 0 spiro atoms. The van der Waals surface area contributed by atoms with Crippen LogP contribution in [0.4, 0.5) is 0 Å². The van der Waals surface area contributed by atoms with Crippen molar-refractivity contribution in [1.82, 2.24) is 14.3 Å². The van der Waals surface area contributed by atoms with Gasteiger partial charge in [0.15, 0.2) is 10.7 Å². The van der Waals surface area contributed by atoms with Gasteiger partial charge >= 0.3 is 0 Å². The van der Waals surface area contributed by atoms with Crippen molar-refractivity contribution in [3.63, 3.8) is 0 Å². The third kappa shape index (κ3) is 3.05. The van der Waals surface area contributed by atoms with Crippen LogP contribution in [0.3, 0.4) is 0 Å². The van der Waals surface area contributed by atoms with Crippen LogP contribution in [0.25, 0.3) is 15.7 Å². The van der Waals surface area contributed by atoms with Gasteiger partial charge in [0.05, 0.1) is 11.4 Å². The summed E-state index contributed by atoms with van der Waals surface area (Å²) >= 11 is 1.67. The van der Waals surface area contributed by atoms with Gasteiger partial charge in [-0.05, 0) is 37.1 Å². The maximum atomic E-state index is 13.4. The monoisotopic (exact) mass is 389 g/mol. The zero-order valence-electron chi connectivity index (χ0n) is 16.0. The second-order valence-electron chi connectivity index (χ2n) is 7.66. The van der Waals surface area contributed by atoms with E-state index in [0.29, 0.717) is 0 Å². The number of aromatic nitrogens is 2. The van der Waals surface area contributed by atoms with Crippen molar-refractivity contribution in [2.75, 3.05) is 13.1 Å². The molecule has 0 radical (unpaired) electrons. The molecule has 0 amide bonds. The van der Waals surface area contributed by atoms with E-state index in [9.17, 15) is 4.79 Å². The number of hydrogen-bond donors (Lipinski definition) is 0. The molecule has 1 aliphatic heterocycles. The number of Topliss-reactive ketones (excluding diaryl/α,β-unsaturated/α-hetero) is 1. The molecule has 2 aromatic carbocycles. The molecule has 1 saturated heterocycles. The van der Waals surface area contributed by atoms with Crippen LogP contribution < -0.4 is 0 Å². The lowest BCUT2D eigenvalue weighted by Gasteiger charge is -2.32. The zero-order chi connectivity index (χ0) is 19.1. The molecule has 4 aromatic rings. The van der Waals surface area contributed by atoms with Crippen molar-refractivity contribution in [3.8, 4) is 0 Å². The quantitative estimate of drug-likeness (QED) is 0.463. The normalized spacial score (nSPS) is 18.1. The lowest BCUT2D eigenvalue weighted by Crippen LogP contribution is -2.38. The number of carbonyl (C=O) groups is 1. The predicted octanol–water partition coefficient (Wildman–Crippen LogP) is 4.95. The number of nitrogens with zero attached hydrogens (tertiary/aromatic N) is 3. The predicted molar refractivity (Wildman–Crippen MR) is 114 cm³/mol. The molecule has 0 saturated carbocycles. The first-order chi connectivity index (χ1) is 13.7. The number of carbonyl (C=O) groups excluding carboxylic acids is 1. The fourth-order valence-corrected chi connectivity index (χ4v) is 5.19. The van der Waals surface area contributed by atoms with Crippen LogP contribution in [-0.4, -0.2) is 33.2 Å². The highest BCUT2D eigenvalue weighted by Gasteiger charge is 2.28. The zero-order valence-corrected chi connectivity index (χ0v) is 16.8. The third-order valence-electron chi connectivity index (χ3n) is 5.87. The van der Waals surface area contributed by atoms with E-state index in [2.05, 4.69) is 51.0 Å². The summed E-state index contributed by atoms with van der Waals surface area (Å²) in [5.41, 5.74) is 3.20. The standard InChI is InChI=1S/C23H23N3OS/c1-16-21(26-12-13-28-23(26)24-16)15-25-11-5-8-18(14-25)22(27)20-10-4-7-17-6-2-3-9-19(17)20/h2-4,6-7,9-10,12-13,18H,5,8,11,14-15H2,1H3. The van der Waals surface area contributed by atoms with Crippen molar-refractivity contribution in [3.05, 3.63) is 71.0 Å². The fourth-order valence-electron chi connectivity index (χ4n) is 4.42. The number of thiazole rings is 1. The largest absolute Gasteiger partial charge is 0.297 e. The summed E-state index contributed by atoms with van der Waals surface area (Å²) in [6.45, 7) is 4.79. The van der Waals surface area contributed by atoms with E-state index in [1.54, 1.807) is 11.3 Å². The maximum absolute atomic E-state index is 13.4. The average Bonchev–Trinajstić information content (AvgIpc) is 3.29. The van der Waals surface area contributed by atoms with Gasteiger partial charge in [0.2, 0.25) is 0 Å². The molecule has 3 heterocycles. The van der Waals surface area contributed by atoms with Gasteiger partial charge in [-0.3, -0.25) is 14.1 Å². The van der Waals surface area contributed by atoms with Crippen LogP contribution in [0.5, 0.6) is 0 Å². The number of aryl methyl sites for hydroxylation is 1. The number of fused-ring (bicyclic) bond motifs is 2. The van der Waals surface area contributed by atoms with E-state index in [4.69, 9.17) is 0 Å². The Labute approximate surface area is 168 Å². The Bertz CT molecular complexity index is 1150. The summed E-state index contributed by atoms with van der Waals surface area (Å²) in [4.78, 5) is 21.5. The topological polar surface area (TPSA) is 37.6 Å². The Kier molecular flexibility index (Phi) is 4.49.